The molecule has 0 radical (unpaired) electrons. The second kappa shape index (κ2) is 2.67. The van der Waals surface area contributed by atoms with Crippen LogP contribution in [0.3, 0.4) is 0 Å². The van der Waals surface area contributed by atoms with Gasteiger partial charge in [-0.15, -0.1) is 0 Å². The largest absolute Gasteiger partial charge is 0.489 e. The van der Waals surface area contributed by atoms with Crippen LogP contribution in [0.4, 0.5) is 13.2 Å². The van der Waals surface area contributed by atoms with Gasteiger partial charge >= 0.3 is 12.3 Å². The summed E-state index contributed by atoms with van der Waals surface area (Å²) in [6.07, 6.45) is -4.66. The third kappa shape index (κ3) is 7.22. The van der Waals surface area contributed by atoms with E-state index in [9.17, 15) is 18.0 Å². The van der Waals surface area contributed by atoms with E-state index in [4.69, 9.17) is 0 Å². The van der Waals surface area contributed by atoms with Gasteiger partial charge in [-0.3, -0.25) is 4.79 Å². The number of alkyl halides is 3. The van der Waals surface area contributed by atoms with Crippen LogP contribution in [0.1, 0.15) is 6.92 Å². The Hall–Kier alpha value is -0.780. The molecule has 0 rings (SSSR count). The highest BCUT2D eigenvalue weighted by molar-refractivity contribution is 5.65. The van der Waals surface area contributed by atoms with E-state index < -0.39 is 12.3 Å². The molecule has 0 aliphatic heterocycles. The number of hydroxylamine groups is 1. The SMILES string of the molecule is CC(=O)ONC(F)(F)F. The number of hydrogen-bond donors (Lipinski definition) is 1. The Balaban J connectivity index is 3.39. The van der Waals surface area contributed by atoms with Crippen LogP contribution in [0.25, 0.3) is 0 Å². The molecule has 0 atom stereocenters. The van der Waals surface area contributed by atoms with Gasteiger partial charge in [0, 0.05) is 6.92 Å². The van der Waals surface area contributed by atoms with Crippen LogP contribution in [-0.2, 0) is 9.63 Å². The van der Waals surface area contributed by atoms with E-state index in [-0.39, 0.29) is 0 Å². The predicted octanol–water partition coefficient (Wildman–Crippen LogP) is 0.574. The van der Waals surface area contributed by atoms with E-state index in [0.717, 1.165) is 6.92 Å². The lowest BCUT2D eigenvalue weighted by Gasteiger charge is -2.05. The van der Waals surface area contributed by atoms with Gasteiger partial charge in [-0.25, -0.2) is 0 Å². The van der Waals surface area contributed by atoms with E-state index in [1.165, 1.54) is 0 Å². The van der Waals surface area contributed by atoms with Gasteiger partial charge in [-0.1, -0.05) is 5.48 Å². The summed E-state index contributed by atoms with van der Waals surface area (Å²) >= 11 is 0. The number of hydrogen-bond acceptors (Lipinski definition) is 3. The first kappa shape index (κ1) is 8.22. The molecule has 0 amide bonds. The summed E-state index contributed by atoms with van der Waals surface area (Å²) in [7, 11) is 0. The van der Waals surface area contributed by atoms with Crippen LogP contribution < -0.4 is 5.48 Å². The molecule has 54 valence electrons. The van der Waals surface area contributed by atoms with Crippen molar-refractivity contribution < 1.29 is 22.8 Å². The average Bonchev–Trinajstić information content (AvgIpc) is 1.59. The summed E-state index contributed by atoms with van der Waals surface area (Å²) < 4.78 is 33.1. The molecule has 0 heterocycles. The number of carbonyl (C=O) groups is 1. The molecule has 0 saturated heterocycles. The zero-order valence-corrected chi connectivity index (χ0v) is 4.45. The van der Waals surface area contributed by atoms with Crippen molar-refractivity contribution in [1.82, 2.24) is 5.48 Å². The third-order valence-corrected chi connectivity index (χ3v) is 0.310. The van der Waals surface area contributed by atoms with Gasteiger partial charge in [0.25, 0.3) is 0 Å². The number of carbonyl (C=O) groups excluding carboxylic acids is 1. The minimum absolute atomic E-state index is 0.572. The minimum atomic E-state index is -4.66. The van der Waals surface area contributed by atoms with Gasteiger partial charge in [0.2, 0.25) is 0 Å². The molecule has 9 heavy (non-hydrogen) atoms. The lowest BCUT2D eigenvalue weighted by molar-refractivity contribution is -0.235. The molecule has 0 aliphatic rings. The number of rotatable bonds is 1. The Labute approximate surface area is 48.7 Å². The first-order valence-corrected chi connectivity index (χ1v) is 1.93. The molecule has 0 aromatic carbocycles. The highest BCUT2D eigenvalue weighted by atomic mass is 19.4. The van der Waals surface area contributed by atoms with E-state index >= 15 is 0 Å². The highest BCUT2D eigenvalue weighted by Gasteiger charge is 2.28. The average molecular weight is 143 g/mol. The normalized spacial score (nSPS) is 11.1. The lowest BCUT2D eigenvalue weighted by atomic mass is 10.8. The Morgan fingerprint density at radius 1 is 1.56 bits per heavy atom. The molecule has 3 nitrogen and oxygen atoms in total. The fourth-order valence-corrected chi connectivity index (χ4v) is 0.130. The van der Waals surface area contributed by atoms with Crippen molar-refractivity contribution in [3.8, 4) is 0 Å². The third-order valence-electron chi connectivity index (χ3n) is 0.310. The monoisotopic (exact) mass is 143 g/mol. The first-order chi connectivity index (χ1) is 3.92. The van der Waals surface area contributed by atoms with Gasteiger partial charge in [-0.2, -0.15) is 13.2 Å². The summed E-state index contributed by atoms with van der Waals surface area (Å²) in [6, 6.07) is 0. The number of nitrogens with one attached hydrogen (secondary N) is 1. The Morgan fingerprint density at radius 3 is 2.11 bits per heavy atom. The molecular formula is C3H4F3NO2. The topological polar surface area (TPSA) is 38.3 Å². The van der Waals surface area contributed by atoms with Crippen LogP contribution in [0, 0.1) is 0 Å². The van der Waals surface area contributed by atoms with Crippen molar-refractivity contribution in [2.45, 2.75) is 13.2 Å². The zero-order chi connectivity index (χ0) is 7.49. The second-order valence-corrected chi connectivity index (χ2v) is 1.19. The molecule has 0 aromatic rings. The molecule has 0 aromatic heterocycles. The van der Waals surface area contributed by atoms with Crippen LogP contribution in [-0.4, -0.2) is 12.3 Å². The quantitative estimate of drug-likeness (QED) is 0.430. The molecule has 0 unspecified atom stereocenters. The molecule has 0 spiro atoms. The fraction of sp³-hybridized carbons (Fsp3) is 0.667. The van der Waals surface area contributed by atoms with E-state index in [2.05, 4.69) is 4.84 Å². The Morgan fingerprint density at radius 2 is 2.00 bits per heavy atom. The Bertz CT molecular complexity index is 110. The van der Waals surface area contributed by atoms with Crippen LogP contribution >= 0.6 is 0 Å². The van der Waals surface area contributed by atoms with Gasteiger partial charge < -0.3 is 4.84 Å². The summed E-state index contributed by atoms with van der Waals surface area (Å²) in [5.41, 5.74) is 0.572. The first-order valence-electron chi connectivity index (χ1n) is 1.93. The molecule has 0 bridgehead atoms. The molecular weight excluding hydrogens is 139 g/mol. The van der Waals surface area contributed by atoms with Crippen LogP contribution in [0.15, 0.2) is 0 Å². The smallest absolute Gasteiger partial charge is 0.363 e. The van der Waals surface area contributed by atoms with Crippen LogP contribution in [0.2, 0.25) is 0 Å². The standard InChI is InChI=1S/C3H4F3NO2/c1-2(8)9-7-3(4,5)6/h7H,1H3. The Kier molecular flexibility index (Phi) is 2.44. The summed E-state index contributed by atoms with van der Waals surface area (Å²) in [4.78, 5) is 13.1. The maximum absolute atomic E-state index is 11.0. The molecule has 0 fully saturated rings. The highest BCUT2D eigenvalue weighted by Crippen LogP contribution is 2.08. The van der Waals surface area contributed by atoms with Gasteiger partial charge in [0.15, 0.2) is 0 Å². The molecule has 0 saturated carbocycles. The van der Waals surface area contributed by atoms with Crippen molar-refractivity contribution in [2.75, 3.05) is 0 Å². The summed E-state index contributed by atoms with van der Waals surface area (Å²) in [5, 5.41) is 0. The van der Waals surface area contributed by atoms with E-state index in [1.54, 1.807) is 0 Å². The summed E-state index contributed by atoms with van der Waals surface area (Å²) in [5.74, 6) is -1.03. The van der Waals surface area contributed by atoms with Crippen molar-refractivity contribution >= 4 is 5.97 Å². The van der Waals surface area contributed by atoms with Crippen molar-refractivity contribution in [2.24, 2.45) is 0 Å². The molecule has 0 aliphatic carbocycles. The molecule has 1 N–H and O–H groups in total. The van der Waals surface area contributed by atoms with Gasteiger partial charge in [0.05, 0.1) is 0 Å². The maximum atomic E-state index is 11.0. The van der Waals surface area contributed by atoms with Crippen molar-refractivity contribution in [3.63, 3.8) is 0 Å². The second-order valence-electron chi connectivity index (χ2n) is 1.19. The van der Waals surface area contributed by atoms with Gasteiger partial charge in [0.1, 0.15) is 0 Å². The van der Waals surface area contributed by atoms with Gasteiger partial charge in [-0.05, 0) is 0 Å². The fourth-order valence-electron chi connectivity index (χ4n) is 0.130. The maximum Gasteiger partial charge on any atom is 0.489 e. The zero-order valence-electron chi connectivity index (χ0n) is 4.45. The summed E-state index contributed by atoms with van der Waals surface area (Å²) in [6.45, 7) is 0.860. The van der Waals surface area contributed by atoms with Crippen molar-refractivity contribution in [1.29, 1.82) is 0 Å². The predicted molar refractivity (Wildman–Crippen MR) is 21.0 cm³/mol. The van der Waals surface area contributed by atoms with E-state index in [1.807, 2.05) is 0 Å². The minimum Gasteiger partial charge on any atom is -0.363 e. The molecule has 6 heteroatoms. The van der Waals surface area contributed by atoms with Crippen molar-refractivity contribution in [3.05, 3.63) is 0 Å². The van der Waals surface area contributed by atoms with E-state index in [0.29, 0.717) is 5.48 Å². The van der Waals surface area contributed by atoms with Crippen LogP contribution in [0.5, 0.6) is 0 Å². The lowest BCUT2D eigenvalue weighted by Crippen LogP contribution is -2.33. The number of halogens is 3.